The van der Waals surface area contributed by atoms with Crippen LogP contribution in [0.25, 0.3) is 11.1 Å². The molecular weight excluding hydrogens is 342 g/mol. The van der Waals surface area contributed by atoms with Crippen LogP contribution in [0.4, 0.5) is 0 Å². The fraction of sp³-hybridized carbons (Fsp3) is 0.133. The van der Waals surface area contributed by atoms with Gasteiger partial charge in [-0.2, -0.15) is 0 Å². The van der Waals surface area contributed by atoms with Gasteiger partial charge in [-0.15, -0.1) is 0 Å². The van der Waals surface area contributed by atoms with E-state index in [1.165, 1.54) is 0 Å². The standard InChI is InChI=1S/C15H11BrClNO2/c16-10-6-5-9(7-11(10)17)13(19)8-15-18-12-3-1-2-4-14(12)20-15/h1-7,13,19H,8H2. The smallest absolute Gasteiger partial charge is 0.198 e. The Morgan fingerprint density at radius 1 is 1.25 bits per heavy atom. The van der Waals surface area contributed by atoms with Gasteiger partial charge in [0.05, 0.1) is 17.5 Å². The molecule has 0 bridgehead atoms. The summed E-state index contributed by atoms with van der Waals surface area (Å²) in [5, 5.41) is 10.8. The predicted octanol–water partition coefficient (Wildman–Crippen LogP) is 4.52. The van der Waals surface area contributed by atoms with Crippen molar-refractivity contribution in [3.63, 3.8) is 0 Å². The van der Waals surface area contributed by atoms with E-state index in [9.17, 15) is 5.11 Å². The van der Waals surface area contributed by atoms with E-state index in [1.807, 2.05) is 36.4 Å². The second-order valence-corrected chi connectivity index (χ2v) is 5.73. The second kappa shape index (κ2) is 5.56. The number of aliphatic hydroxyl groups is 1. The highest BCUT2D eigenvalue weighted by Gasteiger charge is 2.14. The molecule has 1 N–H and O–H groups in total. The number of nitrogens with zero attached hydrogens (tertiary/aromatic N) is 1. The molecule has 102 valence electrons. The van der Waals surface area contributed by atoms with Gasteiger partial charge in [0.2, 0.25) is 0 Å². The predicted molar refractivity (Wildman–Crippen MR) is 81.8 cm³/mol. The number of oxazole rings is 1. The van der Waals surface area contributed by atoms with Crippen LogP contribution in [0.3, 0.4) is 0 Å². The first kappa shape index (κ1) is 13.6. The van der Waals surface area contributed by atoms with Gasteiger partial charge < -0.3 is 9.52 Å². The summed E-state index contributed by atoms with van der Waals surface area (Å²) in [5.41, 5.74) is 2.26. The van der Waals surface area contributed by atoms with Gasteiger partial charge in [0.25, 0.3) is 0 Å². The number of fused-ring (bicyclic) bond motifs is 1. The number of para-hydroxylation sites is 2. The van der Waals surface area contributed by atoms with Crippen LogP contribution in [0.15, 0.2) is 51.4 Å². The second-order valence-electron chi connectivity index (χ2n) is 4.47. The van der Waals surface area contributed by atoms with Crippen molar-refractivity contribution in [2.45, 2.75) is 12.5 Å². The van der Waals surface area contributed by atoms with Gasteiger partial charge in [-0.25, -0.2) is 4.98 Å². The number of aromatic nitrogens is 1. The molecule has 3 nitrogen and oxygen atoms in total. The zero-order valence-corrected chi connectivity index (χ0v) is 12.7. The van der Waals surface area contributed by atoms with Gasteiger partial charge in [0.15, 0.2) is 11.5 Å². The lowest BCUT2D eigenvalue weighted by Gasteiger charge is -2.09. The molecule has 0 aliphatic rings. The van der Waals surface area contributed by atoms with Gasteiger partial charge in [-0.3, -0.25) is 0 Å². The van der Waals surface area contributed by atoms with Crippen LogP contribution in [0.2, 0.25) is 5.02 Å². The molecule has 0 fully saturated rings. The Balaban J connectivity index is 1.84. The summed E-state index contributed by atoms with van der Waals surface area (Å²) < 4.78 is 6.40. The molecule has 0 aliphatic heterocycles. The van der Waals surface area contributed by atoms with E-state index < -0.39 is 6.10 Å². The topological polar surface area (TPSA) is 46.3 Å². The van der Waals surface area contributed by atoms with Crippen LogP contribution < -0.4 is 0 Å². The maximum atomic E-state index is 10.2. The molecule has 3 rings (SSSR count). The molecule has 1 unspecified atom stereocenters. The molecule has 0 saturated heterocycles. The van der Waals surface area contributed by atoms with Crippen molar-refractivity contribution < 1.29 is 9.52 Å². The van der Waals surface area contributed by atoms with Gasteiger partial charge in [-0.05, 0) is 45.8 Å². The molecule has 1 heterocycles. The van der Waals surface area contributed by atoms with Gasteiger partial charge in [0, 0.05) is 4.47 Å². The number of benzene rings is 2. The summed E-state index contributed by atoms with van der Waals surface area (Å²) in [6.07, 6.45) is -0.388. The Morgan fingerprint density at radius 3 is 2.80 bits per heavy atom. The first-order valence-electron chi connectivity index (χ1n) is 6.11. The van der Waals surface area contributed by atoms with Crippen molar-refractivity contribution in [3.8, 4) is 0 Å². The SMILES string of the molecule is OC(Cc1nc2ccccc2o1)c1ccc(Br)c(Cl)c1. The number of halogens is 2. The average Bonchev–Trinajstić information content (AvgIpc) is 2.83. The van der Waals surface area contributed by atoms with E-state index in [-0.39, 0.29) is 0 Å². The van der Waals surface area contributed by atoms with Crippen LogP contribution in [0, 0.1) is 0 Å². The minimum absolute atomic E-state index is 0.312. The number of aliphatic hydroxyl groups excluding tert-OH is 1. The molecule has 0 aliphatic carbocycles. The van der Waals surface area contributed by atoms with Gasteiger partial charge >= 0.3 is 0 Å². The van der Waals surface area contributed by atoms with E-state index in [4.69, 9.17) is 16.0 Å². The summed E-state index contributed by atoms with van der Waals surface area (Å²) in [5.74, 6) is 0.512. The maximum absolute atomic E-state index is 10.2. The lowest BCUT2D eigenvalue weighted by molar-refractivity contribution is 0.169. The van der Waals surface area contributed by atoms with Crippen molar-refractivity contribution in [1.82, 2.24) is 4.98 Å². The zero-order valence-electron chi connectivity index (χ0n) is 10.4. The molecule has 3 aromatic rings. The summed E-state index contributed by atoms with van der Waals surface area (Å²) in [7, 11) is 0. The van der Waals surface area contributed by atoms with Crippen LogP contribution in [-0.2, 0) is 6.42 Å². The summed E-state index contributed by atoms with van der Waals surface area (Å²) in [4.78, 5) is 4.35. The van der Waals surface area contributed by atoms with E-state index in [2.05, 4.69) is 20.9 Å². The van der Waals surface area contributed by atoms with Crippen molar-refractivity contribution in [2.24, 2.45) is 0 Å². The first-order valence-corrected chi connectivity index (χ1v) is 7.28. The van der Waals surface area contributed by atoms with E-state index >= 15 is 0 Å². The molecule has 0 spiro atoms. The summed E-state index contributed by atoms with van der Waals surface area (Å²) >= 11 is 9.35. The Kier molecular flexibility index (Phi) is 3.78. The largest absolute Gasteiger partial charge is 0.441 e. The number of hydrogen-bond donors (Lipinski definition) is 1. The minimum Gasteiger partial charge on any atom is -0.441 e. The lowest BCUT2D eigenvalue weighted by atomic mass is 10.1. The lowest BCUT2D eigenvalue weighted by Crippen LogP contribution is -2.02. The van der Waals surface area contributed by atoms with E-state index in [0.29, 0.717) is 17.3 Å². The van der Waals surface area contributed by atoms with Crippen molar-refractivity contribution in [3.05, 3.63) is 63.4 Å². The van der Waals surface area contributed by atoms with Gasteiger partial charge in [-0.1, -0.05) is 29.8 Å². The normalized spacial score (nSPS) is 12.8. The molecule has 2 aromatic carbocycles. The first-order chi connectivity index (χ1) is 9.63. The molecule has 1 aromatic heterocycles. The highest BCUT2D eigenvalue weighted by molar-refractivity contribution is 9.10. The van der Waals surface area contributed by atoms with E-state index in [0.717, 1.165) is 21.1 Å². The number of hydrogen-bond acceptors (Lipinski definition) is 3. The molecule has 0 saturated carbocycles. The molecule has 5 heteroatoms. The zero-order chi connectivity index (χ0) is 14.1. The fourth-order valence-corrected chi connectivity index (χ4v) is 2.45. The highest BCUT2D eigenvalue weighted by atomic mass is 79.9. The quantitative estimate of drug-likeness (QED) is 0.754. The summed E-state index contributed by atoms with van der Waals surface area (Å²) in [6.45, 7) is 0. The number of rotatable bonds is 3. The molecular formula is C15H11BrClNO2. The fourth-order valence-electron chi connectivity index (χ4n) is 2.01. The van der Waals surface area contributed by atoms with Crippen LogP contribution in [0.5, 0.6) is 0 Å². The van der Waals surface area contributed by atoms with E-state index in [1.54, 1.807) is 6.07 Å². The third-order valence-electron chi connectivity index (χ3n) is 3.03. The monoisotopic (exact) mass is 351 g/mol. The van der Waals surface area contributed by atoms with Crippen LogP contribution >= 0.6 is 27.5 Å². The summed E-state index contributed by atoms with van der Waals surface area (Å²) in [6, 6.07) is 12.9. The van der Waals surface area contributed by atoms with Crippen molar-refractivity contribution >= 4 is 38.6 Å². The Labute approximate surface area is 129 Å². The minimum atomic E-state index is -0.700. The van der Waals surface area contributed by atoms with Crippen LogP contribution in [0.1, 0.15) is 17.6 Å². The molecule has 0 radical (unpaired) electrons. The van der Waals surface area contributed by atoms with Crippen molar-refractivity contribution in [2.75, 3.05) is 0 Å². The highest BCUT2D eigenvalue weighted by Crippen LogP contribution is 2.28. The maximum Gasteiger partial charge on any atom is 0.198 e. The Hall–Kier alpha value is -1.36. The van der Waals surface area contributed by atoms with Crippen LogP contribution in [-0.4, -0.2) is 10.1 Å². The third-order valence-corrected chi connectivity index (χ3v) is 4.27. The van der Waals surface area contributed by atoms with Crippen molar-refractivity contribution in [1.29, 1.82) is 0 Å². The Morgan fingerprint density at radius 2 is 2.05 bits per heavy atom. The third kappa shape index (κ3) is 2.73. The molecule has 1 atom stereocenters. The molecule has 20 heavy (non-hydrogen) atoms. The Bertz CT molecular complexity index is 723. The van der Waals surface area contributed by atoms with Gasteiger partial charge in [0.1, 0.15) is 5.52 Å². The average molecular weight is 353 g/mol. The molecule has 0 amide bonds.